The molecule has 2 saturated carbocycles. The van der Waals surface area contributed by atoms with Crippen LogP contribution >= 0.6 is 0 Å². The molecule has 8 atom stereocenters. The van der Waals surface area contributed by atoms with Gasteiger partial charge in [0.15, 0.2) is 44.0 Å². The monoisotopic (exact) mass is 600 g/mol. The van der Waals surface area contributed by atoms with E-state index in [9.17, 15) is 0 Å². The molecule has 2 aliphatic carbocycles. The van der Waals surface area contributed by atoms with Crippen molar-refractivity contribution in [3.05, 3.63) is 0 Å². The summed E-state index contributed by atoms with van der Waals surface area (Å²) in [6, 6.07) is 0. The maximum absolute atomic E-state index is 6.26. The van der Waals surface area contributed by atoms with Gasteiger partial charge in [-0.1, -0.05) is 25.7 Å². The first-order valence-electron chi connectivity index (χ1n) is 16.6. The second kappa shape index (κ2) is 14.7. The van der Waals surface area contributed by atoms with Gasteiger partial charge in [0.25, 0.3) is 0 Å². The third-order valence-corrected chi connectivity index (χ3v) is 10.0. The molecule has 0 N–H and O–H groups in total. The molecule has 0 aromatic rings. The predicted octanol–water partition coefficient (Wildman–Crippen LogP) is 5.83. The van der Waals surface area contributed by atoms with Crippen LogP contribution in [-0.2, 0) is 58.0 Å². The van der Waals surface area contributed by atoms with Crippen LogP contribution in [0.15, 0.2) is 0 Å². The Hall–Kier alpha value is -0.480. The van der Waals surface area contributed by atoms with Crippen LogP contribution < -0.4 is 0 Å². The molecule has 0 aromatic heterocycles. The van der Waals surface area contributed by atoms with Gasteiger partial charge in [0.1, 0.15) is 0 Å². The lowest BCUT2D eigenvalue weighted by Crippen LogP contribution is -2.41. The zero-order valence-electron chi connectivity index (χ0n) is 24.6. The summed E-state index contributed by atoms with van der Waals surface area (Å²) < 4.78 is 23.9. The average Bonchev–Trinajstić information content (AvgIpc) is 3.03. The van der Waals surface area contributed by atoms with Crippen molar-refractivity contribution in [2.75, 3.05) is 0 Å². The summed E-state index contributed by atoms with van der Waals surface area (Å²) in [7, 11) is 0. The van der Waals surface area contributed by atoms with Gasteiger partial charge in [0.05, 0.1) is 12.2 Å². The fourth-order valence-electron chi connectivity index (χ4n) is 7.60. The third-order valence-electron chi connectivity index (χ3n) is 10.0. The molecule has 8 unspecified atom stereocenters. The van der Waals surface area contributed by atoms with E-state index in [0.29, 0.717) is 32.1 Å². The van der Waals surface area contributed by atoms with Gasteiger partial charge in [0.2, 0.25) is 0 Å². The van der Waals surface area contributed by atoms with Crippen LogP contribution in [0.4, 0.5) is 0 Å². The highest BCUT2D eigenvalue weighted by molar-refractivity contribution is 4.81. The zero-order valence-corrected chi connectivity index (χ0v) is 24.6. The Labute approximate surface area is 247 Å². The van der Waals surface area contributed by atoms with Gasteiger partial charge >= 0.3 is 0 Å². The molecule has 20 saturated heterocycles. The van der Waals surface area contributed by atoms with Crippen molar-refractivity contribution >= 4 is 0 Å². The molecule has 0 aromatic carbocycles. The maximum Gasteiger partial charge on any atom is 0.194 e. The maximum atomic E-state index is 6.26. The Morgan fingerprint density at radius 3 is 0.929 bits per heavy atom. The first-order chi connectivity index (χ1) is 20.7. The Balaban J connectivity index is 0.909. The lowest BCUT2D eigenvalue weighted by molar-refractivity contribution is -0.533. The fraction of sp³-hybridized carbons (Fsp3) is 1.00. The van der Waals surface area contributed by atoms with E-state index in [1.54, 1.807) is 0 Å². The first-order valence-corrected chi connectivity index (χ1v) is 16.6. The van der Waals surface area contributed by atoms with Crippen molar-refractivity contribution in [2.24, 2.45) is 17.8 Å². The summed E-state index contributed by atoms with van der Waals surface area (Å²) >= 11 is 0. The Morgan fingerprint density at radius 2 is 0.548 bits per heavy atom. The SMILES string of the molecule is C1CC2CCC1CC1CCC(CC1)OC1CCC(OO1)OC1CCC(OO1)OC1CCC(OO1)OC1CCC(C2)OO1. The molecule has 22 fully saturated rings. The molecule has 22 rings (SSSR count). The largest absolute Gasteiger partial charge is 0.346 e. The number of ether oxygens (including phenoxy) is 4. The van der Waals surface area contributed by atoms with Crippen molar-refractivity contribution in [2.45, 2.75) is 172 Å². The van der Waals surface area contributed by atoms with Crippen molar-refractivity contribution in [3.63, 3.8) is 0 Å². The van der Waals surface area contributed by atoms with E-state index in [1.807, 2.05) is 0 Å². The molecule has 22 aliphatic rings. The zero-order chi connectivity index (χ0) is 28.1. The highest BCUT2D eigenvalue weighted by atomic mass is 17.3. The van der Waals surface area contributed by atoms with E-state index in [2.05, 4.69) is 0 Å². The topological polar surface area (TPSA) is 111 Å². The third kappa shape index (κ3) is 8.41. The van der Waals surface area contributed by atoms with E-state index in [0.717, 1.165) is 56.3 Å². The van der Waals surface area contributed by atoms with Crippen molar-refractivity contribution in [1.29, 1.82) is 0 Å². The van der Waals surface area contributed by atoms with Gasteiger partial charge in [-0.05, 0) is 62.7 Å². The van der Waals surface area contributed by atoms with Gasteiger partial charge in [-0.25, -0.2) is 39.1 Å². The van der Waals surface area contributed by atoms with Gasteiger partial charge in [0, 0.05) is 44.9 Å². The van der Waals surface area contributed by atoms with Gasteiger partial charge in [-0.2, -0.15) is 0 Å². The van der Waals surface area contributed by atoms with Gasteiger partial charge < -0.3 is 18.9 Å². The van der Waals surface area contributed by atoms with Crippen molar-refractivity contribution < 1.29 is 58.0 Å². The molecule has 0 radical (unpaired) electrons. The summed E-state index contributed by atoms with van der Waals surface area (Å²) in [5.74, 6) is 2.38. The minimum absolute atomic E-state index is 0.135. The lowest BCUT2D eigenvalue weighted by atomic mass is 9.73. The van der Waals surface area contributed by atoms with Crippen LogP contribution in [0.2, 0.25) is 0 Å². The summed E-state index contributed by atoms with van der Waals surface area (Å²) in [6.45, 7) is 0. The molecule has 0 spiro atoms. The second-order valence-corrected chi connectivity index (χ2v) is 13.3. The number of rotatable bonds is 0. The van der Waals surface area contributed by atoms with E-state index in [1.165, 1.54) is 44.9 Å². The first kappa shape index (κ1) is 30.2. The highest BCUT2D eigenvalue weighted by Gasteiger charge is 2.37. The summed E-state index contributed by atoms with van der Waals surface area (Å²) in [5, 5.41) is 0. The second-order valence-electron chi connectivity index (χ2n) is 13.3. The van der Waals surface area contributed by atoms with Crippen LogP contribution in [0.3, 0.4) is 0 Å². The van der Waals surface area contributed by atoms with E-state index >= 15 is 0 Å². The van der Waals surface area contributed by atoms with Crippen molar-refractivity contribution in [3.8, 4) is 0 Å². The quantitative estimate of drug-likeness (QED) is 0.312. The lowest BCUT2D eigenvalue weighted by Gasteiger charge is -2.37. The van der Waals surface area contributed by atoms with E-state index in [4.69, 9.17) is 58.0 Å². The smallest absolute Gasteiger partial charge is 0.194 e. The minimum atomic E-state index is -0.588. The number of hydrogen-bond donors (Lipinski definition) is 0. The van der Waals surface area contributed by atoms with Gasteiger partial charge in [-0.3, -0.25) is 0 Å². The molecule has 20 aliphatic heterocycles. The van der Waals surface area contributed by atoms with E-state index < -0.39 is 37.7 Å². The minimum Gasteiger partial charge on any atom is -0.346 e. The molecule has 42 heavy (non-hydrogen) atoms. The predicted molar refractivity (Wildman–Crippen MR) is 141 cm³/mol. The van der Waals surface area contributed by atoms with Crippen LogP contribution in [-0.4, -0.2) is 56.2 Å². The van der Waals surface area contributed by atoms with Crippen LogP contribution in [0.1, 0.15) is 116 Å². The Kier molecular flexibility index (Phi) is 10.6. The fourth-order valence-corrected chi connectivity index (χ4v) is 7.60. The van der Waals surface area contributed by atoms with Crippen LogP contribution in [0, 0.1) is 17.8 Å². The summed E-state index contributed by atoms with van der Waals surface area (Å²) in [5.41, 5.74) is 0. The molecule has 20 heterocycles. The summed E-state index contributed by atoms with van der Waals surface area (Å²) in [6.07, 6.45) is 14.5. The summed E-state index contributed by atoms with van der Waals surface area (Å²) in [4.78, 5) is 44.1. The molecule has 12 heteroatoms. The molecule has 12 bridgehead atoms. The highest BCUT2D eigenvalue weighted by Crippen LogP contribution is 2.40. The molecular weight excluding hydrogens is 552 g/mol. The van der Waals surface area contributed by atoms with E-state index in [-0.39, 0.29) is 18.5 Å². The molecule has 0 amide bonds. The van der Waals surface area contributed by atoms with Crippen LogP contribution in [0.5, 0.6) is 0 Å². The molecular formula is C30H48O12. The van der Waals surface area contributed by atoms with Gasteiger partial charge in [-0.15, -0.1) is 0 Å². The van der Waals surface area contributed by atoms with Crippen molar-refractivity contribution in [1.82, 2.24) is 0 Å². The van der Waals surface area contributed by atoms with Crippen LogP contribution in [0.25, 0.3) is 0 Å². The number of hydrogen-bond acceptors (Lipinski definition) is 12. The standard InChI is InChI=1S/C30H48O12/c1-3-21-4-2-19(1)17-20-5-7-22(8-6-20)31-24-11-12-26(38-37-24)33-28-15-16-30(42-41-28)34-29-14-13-27(39-40-29)32-25-10-9-23(18-21)35-36-25/h19-30H,1-18H2. The normalized spacial score (nSPS) is 48.0. The molecule has 12 nitrogen and oxygen atoms in total. The average molecular weight is 601 g/mol. The Morgan fingerprint density at radius 1 is 0.238 bits per heavy atom. The Bertz CT molecular complexity index is 556. The molecule has 240 valence electrons.